The van der Waals surface area contributed by atoms with Gasteiger partial charge in [-0.2, -0.15) is 0 Å². The molecule has 1 aliphatic carbocycles. The molecular weight excluding hydrogens is 198 g/mol. The third-order valence-corrected chi connectivity index (χ3v) is 2.41. The Kier molecular flexibility index (Phi) is 2.82. The Morgan fingerprint density at radius 3 is 2.93 bits per heavy atom. The first-order valence-corrected chi connectivity index (χ1v) is 5.36. The summed E-state index contributed by atoms with van der Waals surface area (Å²) in [7, 11) is 0. The zero-order valence-electron chi connectivity index (χ0n) is 8.22. The smallest absolute Gasteiger partial charge is 0.142 e. The average molecular weight is 212 g/mol. The molecular formula is C11H14ClNO. The van der Waals surface area contributed by atoms with Crippen LogP contribution in [0.15, 0.2) is 18.2 Å². The van der Waals surface area contributed by atoms with Gasteiger partial charge in [0.05, 0.1) is 12.3 Å². The fraction of sp³-hybridized carbons (Fsp3) is 0.455. The van der Waals surface area contributed by atoms with E-state index < -0.39 is 0 Å². The predicted molar refractivity (Wildman–Crippen MR) is 59.3 cm³/mol. The van der Waals surface area contributed by atoms with Gasteiger partial charge in [-0.3, -0.25) is 0 Å². The Hall–Kier alpha value is -0.890. The lowest BCUT2D eigenvalue weighted by molar-refractivity contribution is 0.341. The maximum atomic E-state index is 5.93. The van der Waals surface area contributed by atoms with Crippen LogP contribution in [0.25, 0.3) is 0 Å². The molecule has 2 rings (SSSR count). The molecule has 3 heteroatoms. The van der Waals surface area contributed by atoms with Crippen molar-refractivity contribution in [3.63, 3.8) is 0 Å². The van der Waals surface area contributed by atoms with Crippen molar-refractivity contribution in [1.82, 2.24) is 0 Å². The first-order chi connectivity index (χ1) is 6.79. The summed E-state index contributed by atoms with van der Waals surface area (Å²) in [6.07, 6.45) is 2.50. The first-order valence-electron chi connectivity index (χ1n) is 4.98. The van der Waals surface area contributed by atoms with E-state index in [-0.39, 0.29) is 0 Å². The van der Waals surface area contributed by atoms with Gasteiger partial charge in [0.2, 0.25) is 0 Å². The standard InChI is InChI=1S/C11H14ClNO/c1-2-14-11-6-3-8(12)7-10(11)13-9-4-5-9/h3,6-7,9,13H,2,4-5H2,1H3. The van der Waals surface area contributed by atoms with Crippen molar-refractivity contribution < 1.29 is 4.74 Å². The van der Waals surface area contributed by atoms with Crippen molar-refractivity contribution in [3.8, 4) is 5.75 Å². The third-order valence-electron chi connectivity index (χ3n) is 2.18. The Balaban J connectivity index is 2.17. The van der Waals surface area contributed by atoms with E-state index >= 15 is 0 Å². The number of ether oxygens (including phenoxy) is 1. The minimum atomic E-state index is 0.618. The summed E-state index contributed by atoms with van der Waals surface area (Å²) in [6.45, 7) is 2.66. The molecule has 0 bridgehead atoms. The lowest BCUT2D eigenvalue weighted by Gasteiger charge is -2.11. The number of hydrogen-bond donors (Lipinski definition) is 1. The van der Waals surface area contributed by atoms with E-state index in [4.69, 9.17) is 16.3 Å². The molecule has 1 saturated carbocycles. The van der Waals surface area contributed by atoms with Gasteiger partial charge >= 0.3 is 0 Å². The van der Waals surface area contributed by atoms with Crippen molar-refractivity contribution in [2.24, 2.45) is 0 Å². The molecule has 1 aromatic rings. The van der Waals surface area contributed by atoms with Gasteiger partial charge in [0.15, 0.2) is 0 Å². The molecule has 0 heterocycles. The second kappa shape index (κ2) is 4.09. The van der Waals surface area contributed by atoms with Gasteiger partial charge in [-0.1, -0.05) is 11.6 Å². The van der Waals surface area contributed by atoms with E-state index in [1.54, 1.807) is 0 Å². The molecule has 0 atom stereocenters. The normalized spacial score (nSPS) is 15.3. The molecule has 1 N–H and O–H groups in total. The highest BCUT2D eigenvalue weighted by Crippen LogP contribution is 2.32. The van der Waals surface area contributed by atoms with Crippen molar-refractivity contribution >= 4 is 17.3 Å². The summed E-state index contributed by atoms with van der Waals surface area (Å²) in [6, 6.07) is 6.30. The molecule has 0 radical (unpaired) electrons. The molecule has 76 valence electrons. The third kappa shape index (κ3) is 2.32. The van der Waals surface area contributed by atoms with Crippen LogP contribution in [0.4, 0.5) is 5.69 Å². The zero-order chi connectivity index (χ0) is 9.97. The van der Waals surface area contributed by atoms with Crippen LogP contribution in [0.2, 0.25) is 5.02 Å². The molecule has 0 aliphatic heterocycles. The van der Waals surface area contributed by atoms with Gasteiger partial charge < -0.3 is 10.1 Å². The Labute approximate surface area is 89.2 Å². The van der Waals surface area contributed by atoms with Crippen LogP contribution in [0.5, 0.6) is 5.75 Å². The summed E-state index contributed by atoms with van der Waals surface area (Å²) in [5.41, 5.74) is 1.02. The van der Waals surface area contributed by atoms with Crippen LogP contribution < -0.4 is 10.1 Å². The van der Waals surface area contributed by atoms with Gasteiger partial charge in [0, 0.05) is 11.1 Å². The molecule has 0 unspecified atom stereocenters. The minimum absolute atomic E-state index is 0.618. The van der Waals surface area contributed by atoms with Gasteiger partial charge in [-0.15, -0.1) is 0 Å². The van der Waals surface area contributed by atoms with Crippen LogP contribution in [0, 0.1) is 0 Å². The highest BCUT2D eigenvalue weighted by Gasteiger charge is 2.22. The van der Waals surface area contributed by atoms with Crippen molar-refractivity contribution in [2.75, 3.05) is 11.9 Å². The zero-order valence-corrected chi connectivity index (χ0v) is 8.97. The number of anilines is 1. The van der Waals surface area contributed by atoms with E-state index in [0.717, 1.165) is 16.5 Å². The SMILES string of the molecule is CCOc1ccc(Cl)cc1NC1CC1. The van der Waals surface area contributed by atoms with Gasteiger partial charge in [-0.05, 0) is 38.0 Å². The first kappa shape index (κ1) is 9.66. The quantitative estimate of drug-likeness (QED) is 0.825. The van der Waals surface area contributed by atoms with Gasteiger partial charge in [-0.25, -0.2) is 0 Å². The van der Waals surface area contributed by atoms with Crippen LogP contribution in [0.3, 0.4) is 0 Å². The van der Waals surface area contributed by atoms with Crippen LogP contribution in [-0.2, 0) is 0 Å². The minimum Gasteiger partial charge on any atom is -0.492 e. The highest BCUT2D eigenvalue weighted by atomic mass is 35.5. The van der Waals surface area contributed by atoms with Crippen molar-refractivity contribution in [1.29, 1.82) is 0 Å². The number of benzene rings is 1. The molecule has 0 aromatic heterocycles. The van der Waals surface area contributed by atoms with Crippen molar-refractivity contribution in [2.45, 2.75) is 25.8 Å². The summed E-state index contributed by atoms with van der Waals surface area (Å²) in [4.78, 5) is 0. The van der Waals surface area contributed by atoms with Crippen LogP contribution in [-0.4, -0.2) is 12.6 Å². The second-order valence-corrected chi connectivity index (χ2v) is 3.93. The molecule has 0 spiro atoms. The second-order valence-electron chi connectivity index (χ2n) is 3.49. The number of rotatable bonds is 4. The van der Waals surface area contributed by atoms with Gasteiger partial charge in [0.25, 0.3) is 0 Å². The molecule has 2 nitrogen and oxygen atoms in total. The van der Waals surface area contributed by atoms with Gasteiger partial charge in [0.1, 0.15) is 5.75 Å². The summed E-state index contributed by atoms with van der Waals surface area (Å²) < 4.78 is 5.50. The lowest BCUT2D eigenvalue weighted by atomic mass is 10.3. The Morgan fingerprint density at radius 1 is 1.50 bits per heavy atom. The van der Waals surface area contributed by atoms with E-state index in [2.05, 4.69) is 5.32 Å². The number of hydrogen-bond acceptors (Lipinski definition) is 2. The molecule has 14 heavy (non-hydrogen) atoms. The largest absolute Gasteiger partial charge is 0.492 e. The molecule has 0 saturated heterocycles. The van der Waals surface area contributed by atoms with E-state index in [1.807, 2.05) is 25.1 Å². The van der Waals surface area contributed by atoms with E-state index in [9.17, 15) is 0 Å². The predicted octanol–water partition coefficient (Wildman–Crippen LogP) is 3.31. The molecule has 0 amide bonds. The van der Waals surface area contributed by atoms with E-state index in [0.29, 0.717) is 12.6 Å². The van der Waals surface area contributed by atoms with Crippen LogP contribution >= 0.6 is 11.6 Å². The highest BCUT2D eigenvalue weighted by molar-refractivity contribution is 6.30. The maximum absolute atomic E-state index is 5.93. The van der Waals surface area contributed by atoms with Crippen molar-refractivity contribution in [3.05, 3.63) is 23.2 Å². The van der Waals surface area contributed by atoms with Crippen LogP contribution in [0.1, 0.15) is 19.8 Å². The van der Waals surface area contributed by atoms with E-state index in [1.165, 1.54) is 12.8 Å². The molecule has 1 aromatic carbocycles. The Bertz CT molecular complexity index is 323. The topological polar surface area (TPSA) is 21.3 Å². The fourth-order valence-electron chi connectivity index (χ4n) is 1.34. The maximum Gasteiger partial charge on any atom is 0.142 e. The fourth-order valence-corrected chi connectivity index (χ4v) is 1.52. The summed E-state index contributed by atoms with van der Waals surface area (Å²) >= 11 is 5.93. The average Bonchev–Trinajstić information content (AvgIpc) is 2.94. The molecule has 1 fully saturated rings. The number of halogens is 1. The monoisotopic (exact) mass is 211 g/mol. The summed E-state index contributed by atoms with van der Waals surface area (Å²) in [5.74, 6) is 0.892. The number of nitrogens with one attached hydrogen (secondary N) is 1. The lowest BCUT2D eigenvalue weighted by Crippen LogP contribution is -2.03. The molecule has 1 aliphatic rings. The Morgan fingerprint density at radius 2 is 2.29 bits per heavy atom. The summed E-state index contributed by atoms with van der Waals surface area (Å²) in [5, 5.41) is 4.15.